The Kier molecular flexibility index (Phi) is 2.49. The van der Waals surface area contributed by atoms with Crippen LogP contribution in [0.1, 0.15) is 18.4 Å². The average Bonchev–Trinajstić information content (AvgIpc) is 2.86. The molecule has 0 saturated heterocycles. The molecule has 1 nitrogen and oxygen atoms in total. The molecular formula is C11H15NS. The summed E-state index contributed by atoms with van der Waals surface area (Å²) in [5.41, 5.74) is 8.09. The van der Waals surface area contributed by atoms with Gasteiger partial charge in [-0.25, -0.2) is 0 Å². The number of benzene rings is 1. The van der Waals surface area contributed by atoms with Crippen molar-refractivity contribution >= 4 is 17.4 Å². The molecule has 2 heteroatoms. The molecule has 0 unspecified atom stereocenters. The van der Waals surface area contributed by atoms with Gasteiger partial charge in [0.05, 0.1) is 0 Å². The average molecular weight is 193 g/mol. The normalized spacial score (nSPS) is 16.1. The highest BCUT2D eigenvalue weighted by Crippen LogP contribution is 2.36. The summed E-state index contributed by atoms with van der Waals surface area (Å²) < 4.78 is 0. The zero-order chi connectivity index (χ0) is 9.26. The van der Waals surface area contributed by atoms with Gasteiger partial charge in [0.1, 0.15) is 0 Å². The lowest BCUT2D eigenvalue weighted by Crippen LogP contribution is -1.90. The lowest BCUT2D eigenvalue weighted by molar-refractivity contribution is 1.00. The molecule has 1 fully saturated rings. The number of aryl methyl sites for hydroxylation is 1. The molecular weight excluding hydrogens is 178 g/mol. The molecule has 1 aromatic rings. The fraction of sp³-hybridized carbons (Fsp3) is 0.455. The zero-order valence-electron chi connectivity index (χ0n) is 7.92. The molecule has 0 aliphatic heterocycles. The Morgan fingerprint density at radius 2 is 2.23 bits per heavy atom. The van der Waals surface area contributed by atoms with Gasteiger partial charge in [-0.1, -0.05) is 6.07 Å². The van der Waals surface area contributed by atoms with Crippen molar-refractivity contribution in [2.45, 2.75) is 24.7 Å². The number of nitrogen functional groups attached to an aromatic ring is 1. The van der Waals surface area contributed by atoms with Gasteiger partial charge in [0, 0.05) is 16.3 Å². The van der Waals surface area contributed by atoms with Crippen LogP contribution in [0.2, 0.25) is 0 Å². The maximum absolute atomic E-state index is 5.91. The van der Waals surface area contributed by atoms with Crippen LogP contribution in [0.5, 0.6) is 0 Å². The van der Waals surface area contributed by atoms with Crippen LogP contribution in [-0.4, -0.2) is 5.75 Å². The summed E-state index contributed by atoms with van der Waals surface area (Å²) >= 11 is 1.90. The van der Waals surface area contributed by atoms with E-state index in [1.165, 1.54) is 29.1 Å². The number of rotatable bonds is 3. The van der Waals surface area contributed by atoms with Gasteiger partial charge in [-0.05, 0) is 43.4 Å². The Balaban J connectivity index is 2.01. The number of anilines is 1. The van der Waals surface area contributed by atoms with Crippen molar-refractivity contribution < 1.29 is 0 Å². The quantitative estimate of drug-likeness (QED) is 0.589. The first kappa shape index (κ1) is 8.95. The number of thioether (sulfide) groups is 1. The van der Waals surface area contributed by atoms with Gasteiger partial charge < -0.3 is 5.73 Å². The Bertz CT molecular complexity index is 305. The van der Waals surface area contributed by atoms with Crippen LogP contribution >= 0.6 is 11.8 Å². The Labute approximate surface area is 83.7 Å². The maximum atomic E-state index is 5.91. The molecule has 1 aliphatic carbocycles. The topological polar surface area (TPSA) is 26.0 Å². The van der Waals surface area contributed by atoms with Gasteiger partial charge in [0.25, 0.3) is 0 Å². The first-order valence-electron chi connectivity index (χ1n) is 4.74. The maximum Gasteiger partial charge on any atom is 0.0454 e. The van der Waals surface area contributed by atoms with E-state index in [0.29, 0.717) is 0 Å². The molecule has 1 aliphatic rings. The molecule has 70 valence electrons. The number of hydrogen-bond donors (Lipinski definition) is 1. The highest BCUT2D eigenvalue weighted by molar-refractivity contribution is 7.99. The van der Waals surface area contributed by atoms with Crippen LogP contribution in [0.15, 0.2) is 23.1 Å². The highest BCUT2D eigenvalue weighted by Gasteiger charge is 2.21. The molecule has 0 atom stereocenters. The SMILES string of the molecule is Cc1ccc(SCC2CC2)c(N)c1. The van der Waals surface area contributed by atoms with Crippen LogP contribution in [-0.2, 0) is 0 Å². The summed E-state index contributed by atoms with van der Waals surface area (Å²) in [6, 6.07) is 6.32. The van der Waals surface area contributed by atoms with Crippen molar-refractivity contribution in [1.29, 1.82) is 0 Å². The number of hydrogen-bond acceptors (Lipinski definition) is 2. The van der Waals surface area contributed by atoms with Gasteiger partial charge in [-0.3, -0.25) is 0 Å². The van der Waals surface area contributed by atoms with Crippen LogP contribution in [0, 0.1) is 12.8 Å². The van der Waals surface area contributed by atoms with E-state index in [9.17, 15) is 0 Å². The van der Waals surface area contributed by atoms with Crippen molar-refractivity contribution in [2.24, 2.45) is 5.92 Å². The van der Waals surface area contributed by atoms with Crippen molar-refractivity contribution in [3.63, 3.8) is 0 Å². The summed E-state index contributed by atoms with van der Waals surface area (Å²) in [6.45, 7) is 2.08. The Hall–Kier alpha value is -0.630. The van der Waals surface area contributed by atoms with Gasteiger partial charge >= 0.3 is 0 Å². The molecule has 0 radical (unpaired) electrons. The van der Waals surface area contributed by atoms with Crippen molar-refractivity contribution in [1.82, 2.24) is 0 Å². The van der Waals surface area contributed by atoms with Crippen molar-refractivity contribution in [3.05, 3.63) is 23.8 Å². The Morgan fingerprint density at radius 3 is 2.85 bits per heavy atom. The second-order valence-corrected chi connectivity index (χ2v) is 4.86. The van der Waals surface area contributed by atoms with E-state index < -0.39 is 0 Å². The molecule has 1 aromatic carbocycles. The summed E-state index contributed by atoms with van der Waals surface area (Å²) in [5, 5.41) is 0. The lowest BCUT2D eigenvalue weighted by atomic mass is 10.2. The van der Waals surface area contributed by atoms with Crippen LogP contribution in [0.4, 0.5) is 5.69 Å². The van der Waals surface area contributed by atoms with E-state index in [2.05, 4.69) is 25.1 Å². The molecule has 2 rings (SSSR count). The lowest BCUT2D eigenvalue weighted by Gasteiger charge is -2.05. The van der Waals surface area contributed by atoms with Gasteiger partial charge in [-0.2, -0.15) is 0 Å². The van der Waals surface area contributed by atoms with E-state index in [0.717, 1.165) is 11.6 Å². The molecule has 0 amide bonds. The van der Waals surface area contributed by atoms with Gasteiger partial charge in [0.15, 0.2) is 0 Å². The van der Waals surface area contributed by atoms with E-state index in [-0.39, 0.29) is 0 Å². The molecule has 0 heterocycles. The first-order chi connectivity index (χ1) is 6.25. The van der Waals surface area contributed by atoms with Crippen LogP contribution in [0.25, 0.3) is 0 Å². The third kappa shape index (κ3) is 2.41. The molecule has 0 aromatic heterocycles. The number of nitrogens with two attached hydrogens (primary N) is 1. The summed E-state index contributed by atoms with van der Waals surface area (Å²) in [6.07, 6.45) is 2.83. The van der Waals surface area contributed by atoms with Crippen molar-refractivity contribution in [3.8, 4) is 0 Å². The standard InChI is InChI=1S/C11H15NS/c1-8-2-5-11(10(12)6-8)13-7-9-3-4-9/h2,5-6,9H,3-4,7,12H2,1H3. The summed E-state index contributed by atoms with van der Waals surface area (Å²) in [7, 11) is 0. The molecule has 13 heavy (non-hydrogen) atoms. The van der Waals surface area contributed by atoms with E-state index in [1.807, 2.05) is 11.8 Å². The molecule has 1 saturated carbocycles. The molecule has 0 bridgehead atoms. The van der Waals surface area contributed by atoms with Crippen LogP contribution < -0.4 is 5.73 Å². The largest absolute Gasteiger partial charge is 0.398 e. The minimum absolute atomic E-state index is 0.936. The fourth-order valence-electron chi connectivity index (χ4n) is 1.29. The van der Waals surface area contributed by atoms with E-state index in [4.69, 9.17) is 5.73 Å². The first-order valence-corrected chi connectivity index (χ1v) is 5.73. The second-order valence-electron chi connectivity index (χ2n) is 3.80. The van der Waals surface area contributed by atoms with Crippen molar-refractivity contribution in [2.75, 3.05) is 11.5 Å². The van der Waals surface area contributed by atoms with Gasteiger partial charge in [0.2, 0.25) is 0 Å². The predicted molar refractivity (Wildman–Crippen MR) is 59.0 cm³/mol. The summed E-state index contributed by atoms with van der Waals surface area (Å²) in [4.78, 5) is 1.25. The molecule has 2 N–H and O–H groups in total. The minimum atomic E-state index is 0.936. The minimum Gasteiger partial charge on any atom is -0.398 e. The predicted octanol–water partition coefficient (Wildman–Crippen LogP) is 3.08. The van der Waals surface area contributed by atoms with Gasteiger partial charge in [-0.15, -0.1) is 11.8 Å². The Morgan fingerprint density at radius 1 is 1.46 bits per heavy atom. The van der Waals surface area contributed by atoms with E-state index in [1.54, 1.807) is 0 Å². The third-order valence-electron chi connectivity index (χ3n) is 2.34. The van der Waals surface area contributed by atoms with Crippen LogP contribution in [0.3, 0.4) is 0 Å². The second kappa shape index (κ2) is 3.62. The zero-order valence-corrected chi connectivity index (χ0v) is 8.73. The smallest absolute Gasteiger partial charge is 0.0454 e. The summed E-state index contributed by atoms with van der Waals surface area (Å²) in [5.74, 6) is 2.21. The highest BCUT2D eigenvalue weighted by atomic mass is 32.2. The van der Waals surface area contributed by atoms with E-state index >= 15 is 0 Å². The fourth-order valence-corrected chi connectivity index (χ4v) is 2.43. The monoisotopic (exact) mass is 193 g/mol. The third-order valence-corrected chi connectivity index (χ3v) is 3.66. The molecule has 0 spiro atoms.